The third-order valence-electron chi connectivity index (χ3n) is 4.43. The van der Waals surface area contributed by atoms with Crippen molar-refractivity contribution in [1.29, 1.82) is 0 Å². The van der Waals surface area contributed by atoms with Crippen molar-refractivity contribution in [3.8, 4) is 23.0 Å². The molecule has 0 spiro atoms. The number of halogens is 1. The summed E-state index contributed by atoms with van der Waals surface area (Å²) in [6.07, 6.45) is 1.43. The summed E-state index contributed by atoms with van der Waals surface area (Å²) in [4.78, 5) is 12.0. The van der Waals surface area contributed by atoms with Crippen LogP contribution in [-0.4, -0.2) is 25.7 Å². The van der Waals surface area contributed by atoms with Crippen molar-refractivity contribution in [2.75, 3.05) is 5.32 Å². The second-order valence-electron chi connectivity index (χ2n) is 6.50. The van der Waals surface area contributed by atoms with Gasteiger partial charge in [0.25, 0.3) is 5.91 Å². The van der Waals surface area contributed by atoms with Crippen LogP contribution in [0, 0.1) is 5.82 Å². The molecule has 3 aromatic heterocycles. The molecule has 0 fully saturated rings. The van der Waals surface area contributed by atoms with E-state index in [1.54, 1.807) is 66.7 Å². The molecule has 0 radical (unpaired) electrons. The first kappa shape index (κ1) is 18.5. The van der Waals surface area contributed by atoms with Crippen molar-refractivity contribution in [3.05, 3.63) is 90.6 Å². The fraction of sp³-hybridized carbons (Fsp3) is 0. The van der Waals surface area contributed by atoms with Gasteiger partial charge in [0.1, 0.15) is 11.6 Å². The number of furan rings is 1. The van der Waals surface area contributed by atoms with Crippen LogP contribution in [-0.2, 0) is 0 Å². The molecule has 9 heteroatoms. The third-order valence-corrected chi connectivity index (χ3v) is 4.43. The minimum absolute atomic E-state index is 0.220. The zero-order valence-corrected chi connectivity index (χ0v) is 15.9. The average Bonchev–Trinajstić information content (AvgIpc) is 3.46. The number of nitrogens with zero attached hydrogens (tertiary/aromatic N) is 4. The maximum absolute atomic E-state index is 14.2. The summed E-state index contributed by atoms with van der Waals surface area (Å²) in [5, 5.41) is 15.2. The van der Waals surface area contributed by atoms with Gasteiger partial charge >= 0.3 is 0 Å². The minimum Gasteiger partial charge on any atom is -0.459 e. The third kappa shape index (κ3) is 3.71. The quantitative estimate of drug-likeness (QED) is 0.452. The van der Waals surface area contributed by atoms with Crippen LogP contribution in [0.15, 0.2) is 83.5 Å². The Morgan fingerprint density at radius 3 is 2.58 bits per heavy atom. The zero-order chi connectivity index (χ0) is 21.2. The molecule has 31 heavy (non-hydrogen) atoms. The number of ether oxygens (including phenoxy) is 1. The summed E-state index contributed by atoms with van der Waals surface area (Å²) in [5.41, 5.74) is 1.33. The van der Waals surface area contributed by atoms with Gasteiger partial charge in [-0.25, -0.2) is 4.39 Å². The Kier molecular flexibility index (Phi) is 4.60. The molecule has 0 saturated carbocycles. The van der Waals surface area contributed by atoms with E-state index in [9.17, 15) is 9.18 Å². The molecule has 0 saturated heterocycles. The summed E-state index contributed by atoms with van der Waals surface area (Å²) in [6, 6.07) is 19.6. The van der Waals surface area contributed by atoms with Gasteiger partial charge in [-0.1, -0.05) is 12.1 Å². The predicted octanol–water partition coefficient (Wildman–Crippen LogP) is 4.57. The Labute approximate surface area is 174 Å². The van der Waals surface area contributed by atoms with Gasteiger partial charge in [0.05, 0.1) is 11.8 Å². The molecule has 2 aromatic carbocycles. The second-order valence-corrected chi connectivity index (χ2v) is 6.50. The first-order chi connectivity index (χ1) is 15.2. The molecular weight excluding hydrogens is 401 g/mol. The number of rotatable bonds is 5. The number of nitrogens with one attached hydrogen (secondary N) is 1. The maximum Gasteiger partial charge on any atom is 0.291 e. The number of carbonyl (C=O) groups is 1. The summed E-state index contributed by atoms with van der Waals surface area (Å²) in [6.45, 7) is 0. The van der Waals surface area contributed by atoms with Gasteiger partial charge in [0, 0.05) is 11.8 Å². The van der Waals surface area contributed by atoms with Gasteiger partial charge in [0.2, 0.25) is 5.88 Å². The van der Waals surface area contributed by atoms with Crippen molar-refractivity contribution in [3.63, 3.8) is 0 Å². The zero-order valence-electron chi connectivity index (χ0n) is 15.9. The van der Waals surface area contributed by atoms with E-state index >= 15 is 0 Å². The van der Waals surface area contributed by atoms with Crippen molar-refractivity contribution in [2.45, 2.75) is 0 Å². The molecule has 0 aliphatic carbocycles. The fourth-order valence-corrected chi connectivity index (χ4v) is 2.96. The van der Waals surface area contributed by atoms with Gasteiger partial charge < -0.3 is 14.5 Å². The number of amides is 1. The fourth-order valence-electron chi connectivity index (χ4n) is 2.96. The molecule has 5 aromatic rings. The Hall–Kier alpha value is -4.53. The molecular formula is C22H14FN5O3. The highest BCUT2D eigenvalue weighted by Crippen LogP contribution is 2.25. The van der Waals surface area contributed by atoms with E-state index in [0.29, 0.717) is 17.1 Å². The van der Waals surface area contributed by atoms with E-state index in [2.05, 4.69) is 20.6 Å². The predicted molar refractivity (Wildman–Crippen MR) is 109 cm³/mol. The van der Waals surface area contributed by atoms with E-state index < -0.39 is 5.82 Å². The summed E-state index contributed by atoms with van der Waals surface area (Å²) < 4.78 is 26.5. The normalized spacial score (nSPS) is 10.9. The van der Waals surface area contributed by atoms with Crippen LogP contribution in [0.2, 0.25) is 0 Å². The summed E-state index contributed by atoms with van der Waals surface area (Å²) in [5.74, 6) is 0.503. The number of hydrogen-bond donors (Lipinski definition) is 1. The number of fused-ring (bicyclic) bond motifs is 1. The molecule has 1 N–H and O–H groups in total. The Balaban J connectivity index is 1.36. The molecule has 152 valence electrons. The molecule has 0 atom stereocenters. The first-order valence-electron chi connectivity index (χ1n) is 9.27. The van der Waals surface area contributed by atoms with Gasteiger partial charge in [-0.05, 0) is 54.6 Å². The highest BCUT2D eigenvalue weighted by atomic mass is 19.1. The van der Waals surface area contributed by atoms with Crippen LogP contribution >= 0.6 is 0 Å². The SMILES string of the molecule is O=C(Nc1ccc(Oc2ccc3nnc(-c4ccccc4F)n3n2)cc1)c1ccco1. The van der Waals surface area contributed by atoms with Crippen LogP contribution in [0.5, 0.6) is 11.6 Å². The topological polar surface area (TPSA) is 94.5 Å². The van der Waals surface area contributed by atoms with Crippen molar-refractivity contribution >= 4 is 17.2 Å². The smallest absolute Gasteiger partial charge is 0.291 e. The summed E-state index contributed by atoms with van der Waals surface area (Å²) in [7, 11) is 0. The largest absolute Gasteiger partial charge is 0.459 e. The van der Waals surface area contributed by atoms with Crippen molar-refractivity contribution < 1.29 is 18.3 Å². The molecule has 8 nitrogen and oxygen atoms in total. The Morgan fingerprint density at radius 2 is 1.81 bits per heavy atom. The van der Waals surface area contributed by atoms with Gasteiger partial charge in [-0.3, -0.25) is 4.79 Å². The average molecular weight is 415 g/mol. The maximum atomic E-state index is 14.2. The van der Waals surface area contributed by atoms with Gasteiger partial charge in [0.15, 0.2) is 17.2 Å². The van der Waals surface area contributed by atoms with Crippen LogP contribution in [0.25, 0.3) is 17.0 Å². The summed E-state index contributed by atoms with van der Waals surface area (Å²) >= 11 is 0. The van der Waals surface area contributed by atoms with E-state index in [1.165, 1.54) is 16.8 Å². The first-order valence-corrected chi connectivity index (χ1v) is 9.27. The molecule has 0 aliphatic heterocycles. The number of anilines is 1. The molecule has 1 amide bonds. The lowest BCUT2D eigenvalue weighted by atomic mass is 10.2. The van der Waals surface area contributed by atoms with E-state index in [4.69, 9.17) is 9.15 Å². The standard InChI is InChI=1S/C22H14FN5O3/c23-17-5-2-1-4-16(17)21-26-25-19-11-12-20(27-28(19)21)31-15-9-7-14(8-10-15)24-22(29)18-6-3-13-30-18/h1-13H,(H,24,29). The molecule has 0 bridgehead atoms. The Morgan fingerprint density at radius 1 is 0.968 bits per heavy atom. The van der Waals surface area contributed by atoms with Gasteiger partial charge in [-0.2, -0.15) is 4.52 Å². The monoisotopic (exact) mass is 415 g/mol. The van der Waals surface area contributed by atoms with Crippen molar-refractivity contribution in [1.82, 2.24) is 19.8 Å². The molecule has 3 heterocycles. The second kappa shape index (κ2) is 7.71. The van der Waals surface area contributed by atoms with Crippen LogP contribution in [0.1, 0.15) is 10.6 Å². The van der Waals surface area contributed by atoms with E-state index in [-0.39, 0.29) is 28.9 Å². The number of carbonyl (C=O) groups excluding carboxylic acids is 1. The lowest BCUT2D eigenvalue weighted by molar-refractivity contribution is 0.0996. The number of benzene rings is 2. The number of aromatic nitrogens is 4. The van der Waals surface area contributed by atoms with Crippen LogP contribution in [0.4, 0.5) is 10.1 Å². The molecule has 0 unspecified atom stereocenters. The highest BCUT2D eigenvalue weighted by molar-refractivity contribution is 6.02. The lowest BCUT2D eigenvalue weighted by Crippen LogP contribution is -2.10. The van der Waals surface area contributed by atoms with E-state index in [1.807, 2.05) is 0 Å². The van der Waals surface area contributed by atoms with Crippen LogP contribution < -0.4 is 10.1 Å². The highest BCUT2D eigenvalue weighted by Gasteiger charge is 2.14. The molecule has 5 rings (SSSR count). The lowest BCUT2D eigenvalue weighted by Gasteiger charge is -2.07. The molecule has 0 aliphatic rings. The van der Waals surface area contributed by atoms with Crippen molar-refractivity contribution in [2.24, 2.45) is 0 Å². The van der Waals surface area contributed by atoms with Crippen LogP contribution in [0.3, 0.4) is 0 Å². The minimum atomic E-state index is -0.419. The van der Waals surface area contributed by atoms with E-state index in [0.717, 1.165) is 0 Å². The Bertz CT molecular complexity index is 1360. The van der Waals surface area contributed by atoms with Gasteiger partial charge in [-0.15, -0.1) is 15.3 Å². The number of hydrogen-bond acceptors (Lipinski definition) is 6.